The predicted molar refractivity (Wildman–Crippen MR) is 115 cm³/mol. The molecular weight excluding hydrogens is 394 g/mol. The minimum absolute atomic E-state index is 0.348. The number of anilines is 1. The molecule has 154 valence electrons. The molecule has 9 nitrogen and oxygen atoms in total. The van der Waals surface area contributed by atoms with Crippen LogP contribution in [-0.4, -0.2) is 32.0 Å². The van der Waals surface area contributed by atoms with Crippen molar-refractivity contribution < 1.29 is 9.47 Å². The van der Waals surface area contributed by atoms with Gasteiger partial charge in [-0.1, -0.05) is 0 Å². The quantitative estimate of drug-likeness (QED) is 0.429. The Kier molecular flexibility index (Phi) is 5.71. The molecule has 3 heterocycles. The Morgan fingerprint density at radius 1 is 1.10 bits per heavy atom. The number of aromatic nitrogens is 5. The normalized spacial score (nSPS) is 10.4. The average molecular weight is 413 g/mol. The number of aromatic amines is 1. The fourth-order valence-corrected chi connectivity index (χ4v) is 2.82. The maximum Gasteiger partial charge on any atom is 0.246 e. The summed E-state index contributed by atoms with van der Waals surface area (Å²) in [5.74, 6) is 2.08. The van der Waals surface area contributed by atoms with Crippen LogP contribution in [0.5, 0.6) is 17.4 Å². The maximum absolute atomic E-state index is 7.19. The van der Waals surface area contributed by atoms with Crippen molar-refractivity contribution >= 4 is 11.4 Å². The third-order valence-corrected chi connectivity index (χ3v) is 4.53. The Labute approximate surface area is 179 Å². The Morgan fingerprint density at radius 3 is 2.61 bits per heavy atom. The minimum Gasteiger partial charge on any atom is -0.497 e. The van der Waals surface area contributed by atoms with Gasteiger partial charge in [0.2, 0.25) is 11.6 Å². The van der Waals surface area contributed by atoms with Crippen LogP contribution in [0.15, 0.2) is 55.2 Å². The summed E-state index contributed by atoms with van der Waals surface area (Å²) in [6.45, 7) is 9.62. The van der Waals surface area contributed by atoms with Gasteiger partial charge in [0.05, 0.1) is 44.1 Å². The van der Waals surface area contributed by atoms with Crippen molar-refractivity contribution in [3.63, 3.8) is 0 Å². The van der Waals surface area contributed by atoms with E-state index in [0.717, 1.165) is 17.1 Å². The fraction of sp³-hybridized carbons (Fsp3) is 0.136. The van der Waals surface area contributed by atoms with Crippen molar-refractivity contribution in [1.82, 2.24) is 24.9 Å². The number of methoxy groups -OCH3 is 1. The molecule has 0 bridgehead atoms. The van der Waals surface area contributed by atoms with E-state index in [1.54, 1.807) is 44.0 Å². The molecule has 0 aliphatic carbocycles. The van der Waals surface area contributed by atoms with Crippen LogP contribution in [0, 0.1) is 13.5 Å². The Morgan fingerprint density at radius 2 is 1.90 bits per heavy atom. The highest BCUT2D eigenvalue weighted by Crippen LogP contribution is 2.31. The lowest BCUT2D eigenvalue weighted by Crippen LogP contribution is -2.05. The molecule has 0 amide bonds. The Bertz CT molecular complexity index is 1230. The van der Waals surface area contributed by atoms with Gasteiger partial charge in [0.25, 0.3) is 0 Å². The molecule has 0 fully saturated rings. The Hall–Kier alpha value is -4.45. The van der Waals surface area contributed by atoms with Gasteiger partial charge in [0.15, 0.2) is 5.82 Å². The number of nitrogens with one attached hydrogen (secondary N) is 2. The molecule has 0 saturated carbocycles. The lowest BCUT2D eigenvalue weighted by atomic mass is 10.2. The molecule has 0 unspecified atom stereocenters. The molecule has 0 radical (unpaired) electrons. The zero-order valence-electron chi connectivity index (χ0n) is 17.0. The number of nitrogens with zero attached hydrogens (tertiary/aromatic N) is 5. The first-order valence-corrected chi connectivity index (χ1v) is 9.41. The zero-order valence-corrected chi connectivity index (χ0v) is 17.0. The Balaban J connectivity index is 1.67. The average Bonchev–Trinajstić information content (AvgIpc) is 3.23. The molecule has 2 N–H and O–H groups in total. The third-order valence-electron chi connectivity index (χ3n) is 4.53. The van der Waals surface area contributed by atoms with Crippen LogP contribution in [0.2, 0.25) is 0 Å². The van der Waals surface area contributed by atoms with Crippen molar-refractivity contribution in [2.75, 3.05) is 12.4 Å². The molecular formula is C22H19N7O2. The maximum atomic E-state index is 7.19. The summed E-state index contributed by atoms with van der Waals surface area (Å²) < 4.78 is 11.3. The molecule has 0 atom stereocenters. The molecule has 0 saturated heterocycles. The molecule has 9 heteroatoms. The topological polar surface area (TPSA) is 102 Å². The van der Waals surface area contributed by atoms with Crippen LogP contribution in [0.25, 0.3) is 16.2 Å². The number of benzene rings is 1. The van der Waals surface area contributed by atoms with Gasteiger partial charge in [-0.25, -0.2) is 14.8 Å². The molecule has 31 heavy (non-hydrogen) atoms. The first-order chi connectivity index (χ1) is 15.2. The molecule has 1 aromatic carbocycles. The summed E-state index contributed by atoms with van der Waals surface area (Å²) in [7, 11) is 1.61. The number of hydrogen-bond acceptors (Lipinski definition) is 7. The van der Waals surface area contributed by atoms with E-state index in [1.165, 1.54) is 6.20 Å². The number of H-pyrrole nitrogens is 1. The van der Waals surface area contributed by atoms with E-state index in [-0.39, 0.29) is 0 Å². The van der Waals surface area contributed by atoms with Crippen LogP contribution < -0.4 is 14.8 Å². The van der Waals surface area contributed by atoms with Crippen LogP contribution >= 0.6 is 0 Å². The lowest BCUT2D eigenvalue weighted by Gasteiger charge is -2.13. The molecule has 0 aliphatic rings. The monoisotopic (exact) mass is 413 g/mol. The summed E-state index contributed by atoms with van der Waals surface area (Å²) >= 11 is 0. The van der Waals surface area contributed by atoms with Crippen molar-refractivity contribution in [2.45, 2.75) is 13.5 Å². The molecule has 3 aromatic heterocycles. The van der Waals surface area contributed by atoms with Crippen LogP contribution in [0.4, 0.5) is 11.4 Å². The fourth-order valence-electron chi connectivity index (χ4n) is 2.82. The number of ether oxygens (including phenoxy) is 2. The summed E-state index contributed by atoms with van der Waals surface area (Å²) in [5.41, 5.74) is 3.51. The summed E-state index contributed by atoms with van der Waals surface area (Å²) in [6, 6.07) is 8.89. The number of imidazole rings is 1. The van der Waals surface area contributed by atoms with Gasteiger partial charge in [-0.15, -0.1) is 0 Å². The first-order valence-electron chi connectivity index (χ1n) is 9.41. The molecule has 4 aromatic rings. The predicted octanol–water partition coefficient (Wildman–Crippen LogP) is 4.53. The van der Waals surface area contributed by atoms with E-state index in [9.17, 15) is 0 Å². The van der Waals surface area contributed by atoms with Gasteiger partial charge in [-0.3, -0.25) is 4.98 Å². The highest BCUT2D eigenvalue weighted by atomic mass is 16.5. The van der Waals surface area contributed by atoms with Gasteiger partial charge in [-0.05, 0) is 37.3 Å². The van der Waals surface area contributed by atoms with Crippen molar-refractivity contribution in [1.29, 1.82) is 0 Å². The minimum atomic E-state index is 0.348. The summed E-state index contributed by atoms with van der Waals surface area (Å²) in [4.78, 5) is 23.8. The van der Waals surface area contributed by atoms with Crippen LogP contribution in [0.3, 0.4) is 0 Å². The van der Waals surface area contributed by atoms with Crippen molar-refractivity contribution in [2.24, 2.45) is 0 Å². The highest BCUT2D eigenvalue weighted by molar-refractivity contribution is 5.64. The van der Waals surface area contributed by atoms with Gasteiger partial charge >= 0.3 is 0 Å². The second-order valence-electron chi connectivity index (χ2n) is 6.55. The second-order valence-corrected chi connectivity index (χ2v) is 6.55. The van der Waals surface area contributed by atoms with Crippen LogP contribution in [-0.2, 0) is 6.54 Å². The largest absolute Gasteiger partial charge is 0.497 e. The van der Waals surface area contributed by atoms with E-state index in [1.807, 2.05) is 19.1 Å². The molecule has 4 rings (SSSR count). The highest BCUT2D eigenvalue weighted by Gasteiger charge is 2.13. The smallest absolute Gasteiger partial charge is 0.246 e. The molecule has 0 aliphatic heterocycles. The number of hydrogen-bond donors (Lipinski definition) is 2. The standard InChI is InChI=1S/C22H19N7O2/c1-14-19(28-13-27-14)11-25-20-12-26-21(15-8-16(23-2)10-24-9-15)29-22(20)31-18-6-4-17(30-3)5-7-18/h4-10,12-13,25H,11H2,1,3H3,(H,27,28). The number of aryl methyl sites for hydroxylation is 1. The second kappa shape index (κ2) is 8.92. The lowest BCUT2D eigenvalue weighted by molar-refractivity contribution is 0.412. The number of pyridine rings is 1. The van der Waals surface area contributed by atoms with Crippen molar-refractivity contribution in [3.8, 4) is 28.8 Å². The molecule has 0 spiro atoms. The van der Waals surface area contributed by atoms with E-state index < -0.39 is 0 Å². The zero-order chi connectivity index (χ0) is 21.6. The van der Waals surface area contributed by atoms with Gasteiger partial charge in [0.1, 0.15) is 17.2 Å². The van der Waals surface area contributed by atoms with E-state index in [2.05, 4.69) is 35.1 Å². The van der Waals surface area contributed by atoms with E-state index >= 15 is 0 Å². The summed E-state index contributed by atoms with van der Waals surface area (Å²) in [6.07, 6.45) is 6.41. The van der Waals surface area contributed by atoms with Crippen LogP contribution in [0.1, 0.15) is 11.4 Å². The van der Waals surface area contributed by atoms with Crippen molar-refractivity contribution in [3.05, 3.63) is 78.1 Å². The number of rotatable bonds is 7. The third kappa shape index (κ3) is 4.59. The SMILES string of the molecule is [C-]#[N+]c1cncc(-c2ncc(NCc3[nH]cnc3C)c(Oc3ccc(OC)cc3)n2)c1. The van der Waals surface area contributed by atoms with E-state index in [4.69, 9.17) is 16.0 Å². The van der Waals surface area contributed by atoms with E-state index in [0.29, 0.717) is 40.9 Å². The summed E-state index contributed by atoms with van der Waals surface area (Å²) in [5, 5.41) is 3.29. The van der Waals surface area contributed by atoms with Gasteiger partial charge in [-0.2, -0.15) is 4.98 Å². The van der Waals surface area contributed by atoms with Gasteiger partial charge < -0.3 is 19.8 Å². The first kappa shape index (κ1) is 19.8. The van der Waals surface area contributed by atoms with Gasteiger partial charge in [0, 0.05) is 18.0 Å².